The van der Waals surface area contributed by atoms with Gasteiger partial charge >= 0.3 is 0 Å². The predicted molar refractivity (Wildman–Crippen MR) is 121 cm³/mol. The van der Waals surface area contributed by atoms with Gasteiger partial charge in [0.25, 0.3) is 0 Å². The van der Waals surface area contributed by atoms with E-state index in [9.17, 15) is 19.8 Å². The summed E-state index contributed by atoms with van der Waals surface area (Å²) < 4.78 is 0. The van der Waals surface area contributed by atoms with Crippen molar-refractivity contribution in [1.29, 1.82) is 0 Å². The highest BCUT2D eigenvalue weighted by molar-refractivity contribution is 6.25. The zero-order chi connectivity index (χ0) is 22.7. The van der Waals surface area contributed by atoms with Crippen LogP contribution < -0.4 is 0 Å². The van der Waals surface area contributed by atoms with Gasteiger partial charge in [0.1, 0.15) is 11.5 Å². The fraction of sp³-hybridized carbons (Fsp3) is 0.667. The molecule has 0 atom stereocenters. The quantitative estimate of drug-likeness (QED) is 0.370. The molecule has 0 spiro atoms. The van der Waals surface area contributed by atoms with E-state index in [4.69, 9.17) is 0 Å². The van der Waals surface area contributed by atoms with Crippen molar-refractivity contribution >= 4 is 23.0 Å². The Hall–Kier alpha value is -2.24. The summed E-state index contributed by atoms with van der Waals surface area (Å²) in [5, 5.41) is 21.1. The molecule has 0 bridgehead atoms. The summed E-state index contributed by atoms with van der Waals surface area (Å²) in [5.74, 6) is 0.0335. The molecule has 0 heterocycles. The van der Waals surface area contributed by atoms with Crippen LogP contribution in [0.2, 0.25) is 0 Å². The lowest BCUT2D eigenvalue weighted by Crippen LogP contribution is -2.32. The number of allylic oxidation sites excluding steroid dienone is 4. The van der Waals surface area contributed by atoms with Gasteiger partial charge in [0.2, 0.25) is 0 Å². The zero-order valence-corrected chi connectivity index (χ0v) is 19.3. The number of carbonyl (C=O) groups excluding carboxylic acids is 2. The van der Waals surface area contributed by atoms with Gasteiger partial charge in [-0.25, -0.2) is 0 Å². The van der Waals surface area contributed by atoms with E-state index in [1.165, 1.54) is 0 Å². The number of hydrogen-bond acceptors (Lipinski definition) is 6. The molecule has 2 rings (SSSR count). The smallest absolute Gasteiger partial charge is 0.168 e. The molecule has 0 unspecified atom stereocenters. The zero-order valence-electron chi connectivity index (χ0n) is 19.3. The minimum absolute atomic E-state index is 0.0615. The summed E-state index contributed by atoms with van der Waals surface area (Å²) in [6.45, 7) is 8.12. The van der Waals surface area contributed by atoms with Crippen molar-refractivity contribution < 1.29 is 19.8 Å². The second kappa shape index (κ2) is 9.27. The van der Waals surface area contributed by atoms with E-state index in [1.807, 2.05) is 27.7 Å². The van der Waals surface area contributed by atoms with Gasteiger partial charge in [-0.3, -0.25) is 19.6 Å². The van der Waals surface area contributed by atoms with E-state index in [0.29, 0.717) is 73.9 Å². The molecule has 0 radical (unpaired) electrons. The van der Waals surface area contributed by atoms with Crippen LogP contribution in [-0.4, -0.2) is 47.3 Å². The number of aliphatic hydroxyl groups is 2. The lowest BCUT2D eigenvalue weighted by molar-refractivity contribution is -0.118. The van der Waals surface area contributed by atoms with Crippen molar-refractivity contribution in [2.24, 2.45) is 20.8 Å². The van der Waals surface area contributed by atoms with Crippen LogP contribution >= 0.6 is 0 Å². The molecule has 6 nitrogen and oxygen atoms in total. The highest BCUT2D eigenvalue weighted by atomic mass is 16.3. The number of unbranched alkanes of at least 4 members (excludes halogenated alkanes) is 1. The molecule has 0 aromatic rings. The Kier molecular flexibility index (Phi) is 7.43. The van der Waals surface area contributed by atoms with Gasteiger partial charge in [-0.15, -0.1) is 0 Å². The van der Waals surface area contributed by atoms with Crippen LogP contribution in [0.1, 0.15) is 79.1 Å². The lowest BCUT2D eigenvalue weighted by Gasteiger charge is -2.31. The maximum Gasteiger partial charge on any atom is 0.168 e. The molecular weight excluding hydrogens is 380 g/mol. The lowest BCUT2D eigenvalue weighted by atomic mass is 9.73. The molecule has 2 aliphatic rings. The maximum atomic E-state index is 12.5. The highest BCUT2D eigenvalue weighted by Crippen LogP contribution is 2.37. The van der Waals surface area contributed by atoms with E-state index in [-0.39, 0.29) is 33.9 Å². The van der Waals surface area contributed by atoms with Gasteiger partial charge < -0.3 is 10.2 Å². The fourth-order valence-electron chi connectivity index (χ4n) is 4.45. The Morgan fingerprint density at radius 2 is 1.07 bits per heavy atom. The van der Waals surface area contributed by atoms with Crippen LogP contribution in [0, 0.1) is 10.8 Å². The number of aliphatic imine (C=N–C) groups is 2. The van der Waals surface area contributed by atoms with Crippen molar-refractivity contribution in [1.82, 2.24) is 0 Å². The fourth-order valence-corrected chi connectivity index (χ4v) is 4.45. The number of hydrogen-bond donors (Lipinski definition) is 2. The number of aliphatic hydroxyl groups excluding tert-OH is 2. The Balaban J connectivity index is 2.03. The molecule has 2 saturated carbocycles. The third kappa shape index (κ3) is 5.67. The number of carbonyl (C=O) groups is 2. The van der Waals surface area contributed by atoms with E-state index in [0.717, 1.165) is 0 Å². The maximum absolute atomic E-state index is 12.5. The van der Waals surface area contributed by atoms with Gasteiger partial charge in [0.05, 0.1) is 11.1 Å². The van der Waals surface area contributed by atoms with Gasteiger partial charge in [0.15, 0.2) is 11.6 Å². The van der Waals surface area contributed by atoms with E-state index >= 15 is 0 Å². The molecule has 30 heavy (non-hydrogen) atoms. The van der Waals surface area contributed by atoms with Crippen molar-refractivity contribution in [2.45, 2.75) is 79.1 Å². The van der Waals surface area contributed by atoms with Crippen molar-refractivity contribution in [3.63, 3.8) is 0 Å². The second-order valence-electron chi connectivity index (χ2n) is 10.1. The number of nitrogens with zero attached hydrogens (tertiary/aromatic N) is 2. The highest BCUT2D eigenvalue weighted by Gasteiger charge is 2.37. The number of ketones is 2. The van der Waals surface area contributed by atoms with Crippen molar-refractivity contribution in [3.8, 4) is 0 Å². The van der Waals surface area contributed by atoms with Gasteiger partial charge in [-0.2, -0.15) is 0 Å². The normalized spacial score (nSPS) is 27.5. The van der Waals surface area contributed by atoms with Gasteiger partial charge in [-0.1, -0.05) is 27.7 Å². The molecule has 166 valence electrons. The van der Waals surface area contributed by atoms with Crippen molar-refractivity contribution in [2.75, 3.05) is 14.1 Å². The first-order valence-electron chi connectivity index (χ1n) is 10.7. The summed E-state index contributed by atoms with van der Waals surface area (Å²) in [7, 11) is 3.30. The average molecular weight is 417 g/mol. The molecule has 0 saturated heterocycles. The summed E-state index contributed by atoms with van der Waals surface area (Å²) in [4.78, 5) is 33.5. The standard InChI is InChI=1S/C24H36N2O4/c1-23(2)11-15(25-5)21(19(29)13-23)17(27)9-7-8-10-18(28)22-16(26-6)12-24(3,4)14-20(22)30/h27-28H,7-14H2,1-6H3/b21-17+,22-18+,25-15?,26-16?. The third-order valence-corrected chi connectivity index (χ3v) is 5.90. The van der Waals surface area contributed by atoms with E-state index in [2.05, 4.69) is 9.98 Å². The molecule has 0 aliphatic heterocycles. The number of Topliss-reactive ketones (excluding diaryl/α,β-unsaturated/α-hetero) is 2. The first-order valence-corrected chi connectivity index (χ1v) is 10.7. The summed E-state index contributed by atoms with van der Waals surface area (Å²) in [6.07, 6.45) is 4.01. The average Bonchev–Trinajstić information content (AvgIpc) is 2.61. The van der Waals surface area contributed by atoms with Gasteiger partial charge in [-0.05, 0) is 36.5 Å². The summed E-state index contributed by atoms with van der Waals surface area (Å²) >= 11 is 0. The Morgan fingerprint density at radius 3 is 1.37 bits per heavy atom. The molecule has 6 heteroatoms. The van der Waals surface area contributed by atoms with Crippen LogP contribution in [0.25, 0.3) is 0 Å². The monoisotopic (exact) mass is 416 g/mol. The number of rotatable bonds is 5. The minimum Gasteiger partial charge on any atom is -0.511 e. The van der Waals surface area contributed by atoms with Gasteiger partial charge in [0, 0.05) is 51.2 Å². The van der Waals surface area contributed by atoms with Crippen LogP contribution in [0.3, 0.4) is 0 Å². The van der Waals surface area contributed by atoms with E-state index < -0.39 is 0 Å². The Morgan fingerprint density at radius 1 is 0.733 bits per heavy atom. The van der Waals surface area contributed by atoms with Crippen LogP contribution in [0.4, 0.5) is 0 Å². The SMILES string of the molecule is CN=C1CC(C)(C)CC(=O)/C1=C(/O)CCCC/C(O)=C1\C(=O)CC(C)(C)CC1=NC. The molecule has 2 N–H and O–H groups in total. The van der Waals surface area contributed by atoms with Crippen LogP contribution in [0.15, 0.2) is 32.6 Å². The first kappa shape index (κ1) is 24.0. The minimum atomic E-state index is -0.146. The predicted octanol–water partition coefficient (Wildman–Crippen LogP) is 5.09. The Bertz CT molecular complexity index is 771. The van der Waals surface area contributed by atoms with Crippen LogP contribution in [0.5, 0.6) is 0 Å². The second-order valence-corrected chi connectivity index (χ2v) is 10.1. The molecule has 0 aromatic carbocycles. The molecule has 2 fully saturated rings. The summed E-state index contributed by atoms with van der Waals surface area (Å²) in [6, 6.07) is 0. The Labute approximate surface area is 179 Å². The van der Waals surface area contributed by atoms with E-state index in [1.54, 1.807) is 14.1 Å². The largest absolute Gasteiger partial charge is 0.511 e. The van der Waals surface area contributed by atoms with Crippen molar-refractivity contribution in [3.05, 3.63) is 22.7 Å². The molecule has 0 aromatic heterocycles. The topological polar surface area (TPSA) is 99.3 Å². The molecule has 2 aliphatic carbocycles. The first-order chi connectivity index (χ1) is 13.9. The van der Waals surface area contributed by atoms with Crippen LogP contribution in [-0.2, 0) is 9.59 Å². The molecule has 0 amide bonds. The molecular formula is C24H36N2O4. The summed E-state index contributed by atoms with van der Waals surface area (Å²) in [5.41, 5.74) is 1.77. The third-order valence-electron chi connectivity index (χ3n) is 5.90.